The molecule has 2 N–H and O–H groups in total. The van der Waals surface area contributed by atoms with Crippen molar-refractivity contribution in [2.75, 3.05) is 11.9 Å². The number of aryl methyl sites for hydroxylation is 1. The van der Waals surface area contributed by atoms with Gasteiger partial charge in [0, 0.05) is 18.3 Å². The van der Waals surface area contributed by atoms with E-state index in [0.717, 1.165) is 31.5 Å². The molecular weight excluding hydrogens is 264 g/mol. The molecule has 21 heavy (non-hydrogen) atoms. The lowest BCUT2D eigenvalue weighted by atomic mass is 10.2. The van der Waals surface area contributed by atoms with Gasteiger partial charge in [-0.05, 0) is 32.3 Å². The molecule has 1 aromatic rings. The average molecular weight is 290 g/mol. The lowest BCUT2D eigenvalue weighted by Crippen LogP contribution is -2.33. The molecule has 2 rings (SSSR count). The van der Waals surface area contributed by atoms with Gasteiger partial charge in [-0.1, -0.05) is 32.6 Å². The molecule has 1 aliphatic carbocycles. The summed E-state index contributed by atoms with van der Waals surface area (Å²) in [6.07, 6.45) is 8.04. The smallest absolute Gasteiger partial charge is 0.270 e. The Bertz CT molecular complexity index is 469. The van der Waals surface area contributed by atoms with Crippen LogP contribution in [0.2, 0.25) is 0 Å². The van der Waals surface area contributed by atoms with E-state index in [2.05, 4.69) is 27.5 Å². The molecule has 0 aliphatic heterocycles. The van der Waals surface area contributed by atoms with Crippen molar-refractivity contribution in [2.24, 2.45) is 0 Å². The molecule has 0 unspecified atom stereocenters. The summed E-state index contributed by atoms with van der Waals surface area (Å²) >= 11 is 0. The Morgan fingerprint density at radius 2 is 2.05 bits per heavy atom. The molecule has 0 bridgehead atoms. The SMILES string of the molecule is CCCCCNc1nc(C)cc(C(=O)NC2CCCC2)n1. The number of nitrogens with one attached hydrogen (secondary N) is 2. The topological polar surface area (TPSA) is 66.9 Å². The maximum atomic E-state index is 12.3. The van der Waals surface area contributed by atoms with Gasteiger partial charge >= 0.3 is 0 Å². The van der Waals surface area contributed by atoms with Crippen LogP contribution in [0.5, 0.6) is 0 Å². The van der Waals surface area contributed by atoms with Crippen LogP contribution in [0, 0.1) is 6.92 Å². The van der Waals surface area contributed by atoms with E-state index in [1.165, 1.54) is 25.7 Å². The normalized spacial score (nSPS) is 15.1. The maximum Gasteiger partial charge on any atom is 0.270 e. The summed E-state index contributed by atoms with van der Waals surface area (Å²) < 4.78 is 0. The van der Waals surface area contributed by atoms with Crippen LogP contribution in [-0.2, 0) is 0 Å². The predicted molar refractivity (Wildman–Crippen MR) is 84.5 cm³/mol. The number of anilines is 1. The van der Waals surface area contributed by atoms with Crippen molar-refractivity contribution in [3.63, 3.8) is 0 Å². The molecule has 0 radical (unpaired) electrons. The molecule has 0 saturated heterocycles. The highest BCUT2D eigenvalue weighted by molar-refractivity contribution is 5.92. The first-order chi connectivity index (χ1) is 10.2. The Hall–Kier alpha value is -1.65. The summed E-state index contributed by atoms with van der Waals surface area (Å²) in [7, 11) is 0. The standard InChI is InChI=1S/C16H26N4O/c1-3-4-7-10-17-16-18-12(2)11-14(20-16)15(21)19-13-8-5-6-9-13/h11,13H,3-10H2,1-2H3,(H,19,21)(H,17,18,20). The van der Waals surface area contributed by atoms with Crippen molar-refractivity contribution < 1.29 is 4.79 Å². The first-order valence-corrected chi connectivity index (χ1v) is 8.09. The van der Waals surface area contributed by atoms with E-state index in [0.29, 0.717) is 17.7 Å². The molecule has 1 aliphatic rings. The zero-order chi connectivity index (χ0) is 15.1. The lowest BCUT2D eigenvalue weighted by molar-refractivity contribution is 0.0932. The van der Waals surface area contributed by atoms with E-state index < -0.39 is 0 Å². The van der Waals surface area contributed by atoms with E-state index in [4.69, 9.17) is 0 Å². The lowest BCUT2D eigenvalue weighted by Gasteiger charge is -2.12. The van der Waals surface area contributed by atoms with E-state index in [9.17, 15) is 4.79 Å². The summed E-state index contributed by atoms with van der Waals surface area (Å²) in [6.45, 7) is 4.92. The third-order valence-electron chi connectivity index (χ3n) is 3.84. The summed E-state index contributed by atoms with van der Waals surface area (Å²) in [4.78, 5) is 20.9. The van der Waals surface area contributed by atoms with Crippen molar-refractivity contribution in [1.29, 1.82) is 0 Å². The average Bonchev–Trinajstić information content (AvgIpc) is 2.96. The Labute approximate surface area is 127 Å². The fourth-order valence-corrected chi connectivity index (χ4v) is 2.67. The molecule has 1 saturated carbocycles. The van der Waals surface area contributed by atoms with E-state index in [1.54, 1.807) is 6.07 Å². The Kier molecular flexibility index (Phi) is 5.96. The highest BCUT2D eigenvalue weighted by Crippen LogP contribution is 2.18. The van der Waals surface area contributed by atoms with Gasteiger partial charge in [-0.3, -0.25) is 4.79 Å². The largest absolute Gasteiger partial charge is 0.354 e. The van der Waals surface area contributed by atoms with E-state index >= 15 is 0 Å². The number of amides is 1. The van der Waals surface area contributed by atoms with Crippen LogP contribution >= 0.6 is 0 Å². The zero-order valence-corrected chi connectivity index (χ0v) is 13.1. The van der Waals surface area contributed by atoms with E-state index in [-0.39, 0.29) is 5.91 Å². The Morgan fingerprint density at radius 3 is 2.76 bits per heavy atom. The van der Waals surface area contributed by atoms with Gasteiger partial charge in [0.15, 0.2) is 0 Å². The number of nitrogens with zero attached hydrogens (tertiary/aromatic N) is 2. The molecule has 1 amide bonds. The van der Waals surface area contributed by atoms with Crippen LogP contribution in [0.4, 0.5) is 5.95 Å². The van der Waals surface area contributed by atoms with Crippen LogP contribution in [0.25, 0.3) is 0 Å². The maximum absolute atomic E-state index is 12.3. The number of hydrogen-bond acceptors (Lipinski definition) is 4. The minimum Gasteiger partial charge on any atom is -0.354 e. The molecule has 1 fully saturated rings. The van der Waals surface area contributed by atoms with Crippen LogP contribution in [0.15, 0.2) is 6.07 Å². The van der Waals surface area contributed by atoms with Crippen LogP contribution in [-0.4, -0.2) is 28.5 Å². The predicted octanol–water partition coefficient (Wildman–Crippen LogP) is 3.06. The third kappa shape index (κ3) is 4.99. The van der Waals surface area contributed by atoms with E-state index in [1.807, 2.05) is 6.92 Å². The number of rotatable bonds is 7. The van der Waals surface area contributed by atoms with Gasteiger partial charge in [-0.15, -0.1) is 0 Å². The van der Waals surface area contributed by atoms with Crippen molar-refractivity contribution in [3.05, 3.63) is 17.5 Å². The van der Waals surface area contributed by atoms with Crippen molar-refractivity contribution in [3.8, 4) is 0 Å². The van der Waals surface area contributed by atoms with Crippen LogP contribution in [0.1, 0.15) is 68.1 Å². The van der Waals surface area contributed by atoms with Crippen molar-refractivity contribution in [2.45, 2.75) is 64.8 Å². The third-order valence-corrected chi connectivity index (χ3v) is 3.84. The molecule has 1 heterocycles. The number of hydrogen-bond donors (Lipinski definition) is 2. The number of unbranched alkanes of at least 4 members (excludes halogenated alkanes) is 2. The van der Waals surface area contributed by atoms with Gasteiger partial charge in [0.2, 0.25) is 5.95 Å². The molecule has 0 atom stereocenters. The van der Waals surface area contributed by atoms with Crippen LogP contribution in [0.3, 0.4) is 0 Å². The summed E-state index contributed by atoms with van der Waals surface area (Å²) in [5.41, 5.74) is 1.28. The second-order valence-electron chi connectivity index (χ2n) is 5.81. The van der Waals surface area contributed by atoms with Crippen molar-refractivity contribution >= 4 is 11.9 Å². The molecule has 116 valence electrons. The first kappa shape index (κ1) is 15.7. The fourth-order valence-electron chi connectivity index (χ4n) is 2.67. The monoisotopic (exact) mass is 290 g/mol. The van der Waals surface area contributed by atoms with Gasteiger partial charge in [0.1, 0.15) is 5.69 Å². The summed E-state index contributed by atoms with van der Waals surface area (Å²) in [5, 5.41) is 6.28. The molecule has 0 spiro atoms. The van der Waals surface area contributed by atoms with Gasteiger partial charge < -0.3 is 10.6 Å². The van der Waals surface area contributed by atoms with Crippen molar-refractivity contribution in [1.82, 2.24) is 15.3 Å². The molecule has 5 heteroatoms. The van der Waals surface area contributed by atoms with Gasteiger partial charge in [0.05, 0.1) is 0 Å². The van der Waals surface area contributed by atoms with Gasteiger partial charge in [-0.25, -0.2) is 9.97 Å². The molecular formula is C16H26N4O. The molecule has 5 nitrogen and oxygen atoms in total. The second-order valence-corrected chi connectivity index (χ2v) is 5.81. The number of carbonyl (C=O) groups excluding carboxylic acids is 1. The van der Waals surface area contributed by atoms with Crippen LogP contribution < -0.4 is 10.6 Å². The Balaban J connectivity index is 1.94. The quantitative estimate of drug-likeness (QED) is 0.757. The van der Waals surface area contributed by atoms with Gasteiger partial charge in [-0.2, -0.15) is 0 Å². The highest BCUT2D eigenvalue weighted by atomic mass is 16.1. The highest BCUT2D eigenvalue weighted by Gasteiger charge is 2.19. The zero-order valence-electron chi connectivity index (χ0n) is 13.1. The summed E-state index contributed by atoms with van der Waals surface area (Å²) in [6, 6.07) is 2.07. The second kappa shape index (κ2) is 7.96. The molecule has 0 aromatic carbocycles. The fraction of sp³-hybridized carbons (Fsp3) is 0.688. The first-order valence-electron chi connectivity index (χ1n) is 8.09. The number of carbonyl (C=O) groups is 1. The Morgan fingerprint density at radius 1 is 1.29 bits per heavy atom. The summed E-state index contributed by atoms with van der Waals surface area (Å²) in [5.74, 6) is 0.478. The minimum absolute atomic E-state index is 0.0796. The van der Waals surface area contributed by atoms with Gasteiger partial charge in [0.25, 0.3) is 5.91 Å². The number of aromatic nitrogens is 2. The minimum atomic E-state index is -0.0796. The molecule has 1 aromatic heterocycles.